The second-order valence-electron chi connectivity index (χ2n) is 15.3. The predicted octanol–water partition coefficient (Wildman–Crippen LogP) is 9.21. The van der Waals surface area contributed by atoms with E-state index in [1.165, 1.54) is 121 Å². The van der Waals surface area contributed by atoms with Crippen LogP contribution in [0.5, 0.6) is 0 Å². The van der Waals surface area contributed by atoms with Crippen molar-refractivity contribution in [3.63, 3.8) is 0 Å². The fourth-order valence-corrected chi connectivity index (χ4v) is 16.4. The molecule has 3 nitrogen and oxygen atoms in total. The van der Waals surface area contributed by atoms with Crippen molar-refractivity contribution in [2.75, 3.05) is 4.90 Å². The summed E-state index contributed by atoms with van der Waals surface area (Å²) in [7, 11) is -2.97. The number of rotatable bonds is 2. The van der Waals surface area contributed by atoms with Gasteiger partial charge in [-0.3, -0.25) is 0 Å². The summed E-state index contributed by atoms with van der Waals surface area (Å²) in [6.07, 6.45) is 0. The van der Waals surface area contributed by atoms with E-state index in [9.17, 15) is 0 Å². The van der Waals surface area contributed by atoms with Crippen LogP contribution in [-0.4, -0.2) is 17.2 Å². The van der Waals surface area contributed by atoms with Crippen molar-refractivity contribution in [1.82, 2.24) is 9.13 Å². The second-order valence-corrected chi connectivity index (χ2v) is 18.9. The molecule has 0 saturated carbocycles. The summed E-state index contributed by atoms with van der Waals surface area (Å²) in [4.78, 5) is 2.62. The second kappa shape index (κ2) is 9.08. The zero-order valence-electron chi connectivity index (χ0n) is 29.4. The molecule has 1 atom stereocenters. The van der Waals surface area contributed by atoms with Gasteiger partial charge in [-0.25, -0.2) is 0 Å². The Morgan fingerprint density at radius 2 is 1.08 bits per heavy atom. The first-order valence-electron chi connectivity index (χ1n) is 18.1. The fraction of sp³-hybridized carbons (Fsp3) is 0.106. The number of aryl methyl sites for hydroxylation is 5. The Kier molecular flexibility index (Phi) is 4.97. The molecular formula is C47H35N3Si. The summed E-state index contributed by atoms with van der Waals surface area (Å²) in [5.41, 5.74) is 18.5. The van der Waals surface area contributed by atoms with Crippen LogP contribution in [0.2, 0.25) is 0 Å². The molecule has 0 fully saturated rings. The minimum Gasteiger partial charge on any atom is -0.310 e. The predicted molar refractivity (Wildman–Crippen MR) is 218 cm³/mol. The highest BCUT2D eigenvalue weighted by molar-refractivity contribution is 7.24. The summed E-state index contributed by atoms with van der Waals surface area (Å²) >= 11 is 0. The van der Waals surface area contributed by atoms with Crippen molar-refractivity contribution in [3.05, 3.63) is 149 Å². The molecule has 0 amide bonds. The maximum absolute atomic E-state index is 2.97. The molecule has 2 aromatic heterocycles. The molecule has 1 unspecified atom stereocenters. The van der Waals surface area contributed by atoms with Crippen LogP contribution in [0.4, 0.5) is 17.1 Å². The van der Waals surface area contributed by atoms with Crippen molar-refractivity contribution in [2.45, 2.75) is 34.6 Å². The molecule has 3 aliphatic heterocycles. The molecule has 0 aliphatic carbocycles. The van der Waals surface area contributed by atoms with Crippen LogP contribution < -0.4 is 25.6 Å². The largest absolute Gasteiger partial charge is 0.310 e. The Hall–Kier alpha value is -5.84. The average molecular weight is 670 g/mol. The zero-order valence-corrected chi connectivity index (χ0v) is 30.4. The van der Waals surface area contributed by atoms with E-state index >= 15 is 0 Å². The topological polar surface area (TPSA) is 13.1 Å². The molecule has 12 rings (SSSR count). The van der Waals surface area contributed by atoms with E-state index in [2.05, 4.69) is 170 Å². The Bertz CT molecular complexity index is 3070. The number of nitrogens with zero attached hydrogens (tertiary/aromatic N) is 3. The lowest BCUT2D eigenvalue weighted by atomic mass is 10.0. The van der Waals surface area contributed by atoms with Gasteiger partial charge in [-0.1, -0.05) is 83.4 Å². The molecule has 0 N–H and O–H groups in total. The van der Waals surface area contributed by atoms with Crippen LogP contribution in [0.15, 0.2) is 121 Å². The van der Waals surface area contributed by atoms with Crippen LogP contribution in [0.1, 0.15) is 27.8 Å². The highest BCUT2D eigenvalue weighted by Gasteiger charge is 2.58. The van der Waals surface area contributed by atoms with E-state index in [-0.39, 0.29) is 0 Å². The van der Waals surface area contributed by atoms with Crippen LogP contribution >= 0.6 is 0 Å². The van der Waals surface area contributed by atoms with E-state index < -0.39 is 8.07 Å². The lowest BCUT2D eigenvalue weighted by Crippen LogP contribution is -2.81. The summed E-state index contributed by atoms with van der Waals surface area (Å²) in [6.45, 7) is 11.3. The smallest absolute Gasteiger partial charge is 0.194 e. The monoisotopic (exact) mass is 669 g/mol. The van der Waals surface area contributed by atoms with Gasteiger partial charge in [0.05, 0.1) is 33.4 Å². The number of hydrogen-bond acceptors (Lipinski definition) is 1. The van der Waals surface area contributed by atoms with Gasteiger partial charge in [0.25, 0.3) is 0 Å². The van der Waals surface area contributed by atoms with Crippen LogP contribution in [0.25, 0.3) is 55.0 Å². The first kappa shape index (κ1) is 27.9. The van der Waals surface area contributed by atoms with Gasteiger partial charge in [0.2, 0.25) is 0 Å². The number of benzene rings is 7. The molecule has 4 heteroatoms. The van der Waals surface area contributed by atoms with Gasteiger partial charge in [0, 0.05) is 54.2 Å². The molecular weight excluding hydrogens is 635 g/mol. The molecule has 0 saturated heterocycles. The molecule has 0 bridgehead atoms. The minimum absolute atomic E-state index is 1.21. The Balaban J connectivity index is 1.45. The third-order valence-electron chi connectivity index (χ3n) is 12.3. The number of fused-ring (bicyclic) bond motifs is 8. The quantitative estimate of drug-likeness (QED) is 0.167. The highest BCUT2D eigenvalue weighted by Crippen LogP contribution is 2.50. The minimum atomic E-state index is -2.97. The third kappa shape index (κ3) is 3.06. The van der Waals surface area contributed by atoms with Crippen molar-refractivity contribution in [1.29, 1.82) is 0 Å². The fourth-order valence-electron chi connectivity index (χ4n) is 10.4. The lowest BCUT2D eigenvalue weighted by molar-refractivity contribution is 1.11. The van der Waals surface area contributed by atoms with Gasteiger partial charge < -0.3 is 14.0 Å². The Labute approximate surface area is 297 Å². The summed E-state index contributed by atoms with van der Waals surface area (Å²) in [6, 6.07) is 47.2. The van der Waals surface area contributed by atoms with E-state index in [4.69, 9.17) is 0 Å². The van der Waals surface area contributed by atoms with Gasteiger partial charge >= 0.3 is 0 Å². The highest BCUT2D eigenvalue weighted by atomic mass is 28.3. The summed E-state index contributed by atoms with van der Waals surface area (Å²) in [5.74, 6) is 0. The average Bonchev–Trinajstić information content (AvgIpc) is 3.64. The zero-order chi connectivity index (χ0) is 34.1. The van der Waals surface area contributed by atoms with E-state index in [1.54, 1.807) is 0 Å². The number of hydrogen-bond donors (Lipinski definition) is 0. The molecule has 3 aliphatic rings. The van der Waals surface area contributed by atoms with E-state index in [0.717, 1.165) is 0 Å². The molecule has 5 heterocycles. The third-order valence-corrected chi connectivity index (χ3v) is 17.3. The molecule has 0 radical (unpaired) electrons. The van der Waals surface area contributed by atoms with E-state index in [0.29, 0.717) is 0 Å². The molecule has 9 aromatic rings. The summed E-state index contributed by atoms with van der Waals surface area (Å²) in [5, 5.41) is 11.4. The molecule has 0 spiro atoms. The van der Waals surface area contributed by atoms with Crippen molar-refractivity contribution in [2.24, 2.45) is 0 Å². The van der Waals surface area contributed by atoms with Crippen LogP contribution in [0, 0.1) is 34.6 Å². The summed E-state index contributed by atoms with van der Waals surface area (Å²) < 4.78 is 5.31. The molecule has 7 aromatic carbocycles. The van der Waals surface area contributed by atoms with Crippen LogP contribution in [-0.2, 0) is 0 Å². The van der Waals surface area contributed by atoms with Gasteiger partial charge in [-0.05, 0) is 106 Å². The van der Waals surface area contributed by atoms with Crippen LogP contribution in [0.3, 0.4) is 0 Å². The number of anilines is 3. The first-order chi connectivity index (χ1) is 24.9. The van der Waals surface area contributed by atoms with Gasteiger partial charge in [0.1, 0.15) is 0 Å². The Morgan fingerprint density at radius 1 is 0.431 bits per heavy atom. The Morgan fingerprint density at radius 3 is 1.82 bits per heavy atom. The van der Waals surface area contributed by atoms with Gasteiger partial charge in [-0.2, -0.15) is 0 Å². The number of aromatic nitrogens is 2. The molecule has 51 heavy (non-hydrogen) atoms. The van der Waals surface area contributed by atoms with Gasteiger partial charge in [0.15, 0.2) is 8.07 Å². The SMILES string of the molecule is Cc1ccc(N2c3ccc4c5cc(C)ccc5n5c4c3[Si]3(c4ccccc4)c4c-5ccc(C)c4-n4c5ccc(C)cc5c5cc(C)c2c3c54)cc1. The molecule has 242 valence electrons. The standard InChI is InChI=1S/C47H35N3Si/c1-26-11-16-31(17-12-26)48-39-22-18-33-34-23-27(2)13-19-37(34)49-40-21-15-29(4)41-45(40)51(46(39)43(33)49,32-9-7-6-8-10-32)47-42(48)30(5)25-36-35-24-28(3)14-20-38(35)50(41)44(36)47/h6-25H,1-5H3. The van der Waals surface area contributed by atoms with Crippen molar-refractivity contribution in [3.8, 4) is 11.4 Å². The van der Waals surface area contributed by atoms with Crippen molar-refractivity contribution < 1.29 is 0 Å². The van der Waals surface area contributed by atoms with E-state index in [1.807, 2.05) is 0 Å². The normalized spacial score (nSPS) is 16.4. The van der Waals surface area contributed by atoms with Gasteiger partial charge in [-0.15, -0.1) is 0 Å². The van der Waals surface area contributed by atoms with Crippen molar-refractivity contribution >= 4 is 89.5 Å². The maximum atomic E-state index is 2.67. The lowest BCUT2D eigenvalue weighted by Gasteiger charge is -2.51. The first-order valence-corrected chi connectivity index (χ1v) is 20.1. The maximum Gasteiger partial charge on any atom is 0.194 e.